The number of H-pyrrole nitrogens is 1. The van der Waals surface area contributed by atoms with Gasteiger partial charge in [-0.15, -0.1) is 0 Å². The van der Waals surface area contributed by atoms with Crippen molar-refractivity contribution in [3.8, 4) is 5.75 Å². The van der Waals surface area contributed by atoms with Gasteiger partial charge in [0, 0.05) is 6.54 Å². The van der Waals surface area contributed by atoms with E-state index in [2.05, 4.69) is 15.3 Å². The van der Waals surface area contributed by atoms with Gasteiger partial charge in [0.1, 0.15) is 18.0 Å². The number of nitrogens with zero attached hydrogens (tertiary/aromatic N) is 2. The maximum absolute atomic E-state index is 13.3. The second-order valence-corrected chi connectivity index (χ2v) is 10.7. The highest BCUT2D eigenvalue weighted by atomic mass is 16.6. The fourth-order valence-corrected chi connectivity index (χ4v) is 4.37. The summed E-state index contributed by atoms with van der Waals surface area (Å²) < 4.78 is 20.9. The number of likely N-dealkylation sites (tertiary alicyclic amines) is 1. The minimum absolute atomic E-state index is 0.0143. The van der Waals surface area contributed by atoms with Gasteiger partial charge < -0.3 is 29.2 Å². The summed E-state index contributed by atoms with van der Waals surface area (Å²) >= 11 is 0. The third-order valence-corrected chi connectivity index (χ3v) is 6.26. The van der Waals surface area contributed by atoms with E-state index in [1.165, 1.54) is 17.0 Å². The van der Waals surface area contributed by atoms with Gasteiger partial charge in [-0.2, -0.15) is 0 Å². The zero-order valence-electron chi connectivity index (χ0n) is 24.1. The van der Waals surface area contributed by atoms with Gasteiger partial charge in [-0.05, 0) is 44.9 Å². The molecule has 2 N–H and O–H groups in total. The van der Waals surface area contributed by atoms with E-state index in [-0.39, 0.29) is 31.0 Å². The Kier molecular flexibility index (Phi) is 9.43. The van der Waals surface area contributed by atoms with Crippen molar-refractivity contribution < 1.29 is 38.1 Å². The zero-order chi connectivity index (χ0) is 31.1. The highest BCUT2D eigenvalue weighted by molar-refractivity contribution is 5.94. The number of esters is 2. The molecular formula is C30H32N4O9. The third-order valence-electron chi connectivity index (χ3n) is 6.26. The van der Waals surface area contributed by atoms with Crippen molar-refractivity contribution in [3.05, 3.63) is 93.7 Å². The average molecular weight is 593 g/mol. The molecule has 13 nitrogen and oxygen atoms in total. The van der Waals surface area contributed by atoms with E-state index >= 15 is 0 Å². The molecule has 2 aromatic carbocycles. The van der Waals surface area contributed by atoms with Crippen molar-refractivity contribution in [2.45, 2.75) is 51.5 Å². The number of benzene rings is 2. The Balaban J connectivity index is 1.65. The summed E-state index contributed by atoms with van der Waals surface area (Å²) in [4.78, 5) is 72.4. The fraction of sp³-hybridized carbons (Fsp3) is 0.333. The topological polar surface area (TPSA) is 166 Å². The maximum Gasteiger partial charge on any atom is 0.410 e. The molecule has 4 rings (SSSR count). The van der Waals surface area contributed by atoms with E-state index in [0.29, 0.717) is 0 Å². The van der Waals surface area contributed by atoms with E-state index in [1.807, 2.05) is 6.07 Å². The van der Waals surface area contributed by atoms with Gasteiger partial charge in [-0.1, -0.05) is 48.5 Å². The summed E-state index contributed by atoms with van der Waals surface area (Å²) in [5.74, 6) is -2.69. The Morgan fingerprint density at radius 2 is 1.65 bits per heavy atom. The molecule has 0 radical (unpaired) electrons. The predicted octanol–water partition coefficient (Wildman–Crippen LogP) is 3.75. The van der Waals surface area contributed by atoms with Crippen LogP contribution in [0.5, 0.6) is 5.75 Å². The van der Waals surface area contributed by atoms with Crippen molar-refractivity contribution in [1.82, 2.24) is 20.2 Å². The molecule has 226 valence electrons. The smallest absolute Gasteiger partial charge is 0.410 e. The lowest BCUT2D eigenvalue weighted by molar-refractivity contribution is 0.0500. The highest BCUT2D eigenvalue weighted by Crippen LogP contribution is 2.32. The highest BCUT2D eigenvalue weighted by Gasteiger charge is 2.41. The SMILES string of the molecule is COC(=O)c1nc([C@@H]2C[C@H](NC(=O)OC(C)(C)C)CN2C(=O)OCc2ccccc2)[nH]c(=O)c1OC(=O)c1ccccc1. The number of methoxy groups -OCH3 is 1. The van der Waals surface area contributed by atoms with Gasteiger partial charge in [-0.3, -0.25) is 9.69 Å². The number of carbonyl (C=O) groups is 4. The zero-order valence-corrected chi connectivity index (χ0v) is 24.1. The van der Waals surface area contributed by atoms with Crippen LogP contribution in [0.25, 0.3) is 0 Å². The molecule has 0 bridgehead atoms. The predicted molar refractivity (Wildman–Crippen MR) is 151 cm³/mol. The lowest BCUT2D eigenvalue weighted by Crippen LogP contribution is -2.41. The molecule has 2 amide bonds. The molecule has 0 saturated carbocycles. The van der Waals surface area contributed by atoms with Crippen LogP contribution in [0.4, 0.5) is 9.59 Å². The second kappa shape index (κ2) is 13.2. The van der Waals surface area contributed by atoms with Crippen LogP contribution in [0, 0.1) is 0 Å². The summed E-state index contributed by atoms with van der Waals surface area (Å²) in [5, 5.41) is 2.72. The number of ether oxygens (including phenoxy) is 4. The van der Waals surface area contributed by atoms with Gasteiger partial charge in [0.05, 0.1) is 24.8 Å². The van der Waals surface area contributed by atoms with E-state index in [4.69, 9.17) is 18.9 Å². The van der Waals surface area contributed by atoms with Crippen molar-refractivity contribution >= 4 is 24.1 Å². The Morgan fingerprint density at radius 3 is 2.28 bits per heavy atom. The molecule has 1 saturated heterocycles. The maximum atomic E-state index is 13.3. The van der Waals surface area contributed by atoms with E-state index < -0.39 is 58.8 Å². The van der Waals surface area contributed by atoms with Gasteiger partial charge in [0.15, 0.2) is 5.69 Å². The number of rotatable bonds is 7. The number of hydrogen-bond acceptors (Lipinski definition) is 10. The van der Waals surface area contributed by atoms with Gasteiger partial charge in [0.25, 0.3) is 5.56 Å². The Hall–Kier alpha value is -5.20. The number of hydrogen-bond donors (Lipinski definition) is 2. The Morgan fingerprint density at radius 1 is 1.00 bits per heavy atom. The Labute approximate surface area is 247 Å². The van der Waals surface area contributed by atoms with Crippen LogP contribution < -0.4 is 15.6 Å². The molecular weight excluding hydrogens is 560 g/mol. The summed E-state index contributed by atoms with van der Waals surface area (Å²) in [6.07, 6.45) is -1.35. The number of carbonyl (C=O) groups excluding carboxylic acids is 4. The van der Waals surface area contributed by atoms with E-state index in [1.54, 1.807) is 63.2 Å². The van der Waals surface area contributed by atoms with Crippen LogP contribution in [0.15, 0.2) is 65.5 Å². The first-order valence-electron chi connectivity index (χ1n) is 13.4. The molecule has 1 aliphatic rings. The van der Waals surface area contributed by atoms with Gasteiger partial charge >= 0.3 is 24.1 Å². The minimum atomic E-state index is -1.04. The van der Waals surface area contributed by atoms with Crippen LogP contribution in [0.2, 0.25) is 0 Å². The molecule has 43 heavy (non-hydrogen) atoms. The molecule has 1 aliphatic heterocycles. The summed E-state index contributed by atoms with van der Waals surface area (Å²) in [6, 6.07) is 15.3. The summed E-state index contributed by atoms with van der Waals surface area (Å²) in [6.45, 7) is 5.10. The third kappa shape index (κ3) is 7.97. The van der Waals surface area contributed by atoms with Crippen LogP contribution in [0.1, 0.15) is 65.5 Å². The minimum Gasteiger partial charge on any atom is -0.464 e. The summed E-state index contributed by atoms with van der Waals surface area (Å²) in [5.41, 5.74) is -1.38. The fourth-order valence-electron chi connectivity index (χ4n) is 4.37. The quantitative estimate of drug-likeness (QED) is 0.305. The van der Waals surface area contributed by atoms with Crippen molar-refractivity contribution in [2.75, 3.05) is 13.7 Å². The van der Waals surface area contributed by atoms with Crippen LogP contribution in [-0.2, 0) is 20.8 Å². The van der Waals surface area contributed by atoms with Crippen LogP contribution in [-0.4, -0.2) is 64.3 Å². The standard InChI is InChI=1S/C30H32N4O9/c1-30(2,3)43-28(38)31-20-15-21(34(16-20)29(39)41-17-18-11-7-5-8-12-18)24-32-22(27(37)40-4)23(25(35)33-24)42-26(36)19-13-9-6-10-14-19/h5-14,20-21H,15-17H2,1-4H3,(H,31,38)(H,32,33,35)/t20-,21-/m0/s1. The number of nitrogens with one attached hydrogen (secondary N) is 2. The normalized spacial score (nSPS) is 16.2. The first-order valence-corrected chi connectivity index (χ1v) is 13.4. The molecule has 0 aliphatic carbocycles. The number of amides is 2. The largest absolute Gasteiger partial charge is 0.464 e. The molecule has 2 heterocycles. The monoisotopic (exact) mass is 592 g/mol. The summed E-state index contributed by atoms with van der Waals surface area (Å²) in [7, 11) is 1.08. The molecule has 1 aromatic heterocycles. The van der Waals surface area contributed by atoms with Crippen molar-refractivity contribution in [3.63, 3.8) is 0 Å². The number of alkyl carbamates (subject to hydrolysis) is 1. The first-order chi connectivity index (χ1) is 20.4. The van der Waals surface area contributed by atoms with Crippen molar-refractivity contribution in [2.24, 2.45) is 0 Å². The van der Waals surface area contributed by atoms with Crippen molar-refractivity contribution in [1.29, 1.82) is 0 Å². The molecule has 0 unspecified atom stereocenters. The number of aromatic amines is 1. The van der Waals surface area contributed by atoms with Gasteiger partial charge in [-0.25, -0.2) is 24.2 Å². The van der Waals surface area contributed by atoms with E-state index in [9.17, 15) is 24.0 Å². The average Bonchev–Trinajstić information content (AvgIpc) is 3.40. The van der Waals surface area contributed by atoms with E-state index in [0.717, 1.165) is 12.7 Å². The van der Waals surface area contributed by atoms with Crippen LogP contribution >= 0.6 is 0 Å². The molecule has 3 aromatic rings. The first kappa shape index (κ1) is 30.8. The Bertz CT molecular complexity index is 1530. The molecule has 0 spiro atoms. The lowest BCUT2D eigenvalue weighted by atomic mass is 10.1. The second-order valence-electron chi connectivity index (χ2n) is 10.7. The number of aromatic nitrogens is 2. The van der Waals surface area contributed by atoms with Gasteiger partial charge in [0.2, 0.25) is 5.75 Å². The van der Waals surface area contributed by atoms with Crippen LogP contribution in [0.3, 0.4) is 0 Å². The lowest BCUT2D eigenvalue weighted by Gasteiger charge is -2.23. The molecule has 13 heteroatoms. The molecule has 1 fully saturated rings. The molecule has 2 atom stereocenters.